The van der Waals surface area contributed by atoms with Gasteiger partial charge in [-0.15, -0.1) is 0 Å². The Labute approximate surface area is 118 Å². The van der Waals surface area contributed by atoms with E-state index < -0.39 is 0 Å². The Hall–Kier alpha value is -1.50. The van der Waals surface area contributed by atoms with Gasteiger partial charge in [0, 0.05) is 24.4 Å². The number of methoxy groups -OCH3 is 1. The Bertz CT molecular complexity index is 424. The van der Waals surface area contributed by atoms with Crippen LogP contribution in [0.4, 0.5) is 5.69 Å². The molecule has 2 rings (SSSR count). The normalized spacial score (nSPS) is 13.4. The Kier molecular flexibility index (Phi) is 5.91. The van der Waals surface area contributed by atoms with Crippen molar-refractivity contribution in [3.8, 4) is 11.5 Å². The summed E-state index contributed by atoms with van der Waals surface area (Å²) in [6, 6.07) is 3.65. The molecule has 0 unspecified atom stereocenters. The van der Waals surface area contributed by atoms with Crippen molar-refractivity contribution >= 4 is 5.69 Å². The first-order valence-corrected chi connectivity index (χ1v) is 6.63. The van der Waals surface area contributed by atoms with Crippen molar-refractivity contribution in [3.05, 3.63) is 17.7 Å². The molecule has 1 aliphatic rings. The van der Waals surface area contributed by atoms with E-state index in [1.807, 2.05) is 6.07 Å². The number of nitrogen functional groups attached to an aromatic ring is 1. The first kappa shape index (κ1) is 14.9. The smallest absolute Gasteiger partial charge is 0.163 e. The van der Waals surface area contributed by atoms with Gasteiger partial charge in [0.2, 0.25) is 0 Å². The van der Waals surface area contributed by atoms with Crippen LogP contribution in [0.25, 0.3) is 0 Å². The second-order valence-corrected chi connectivity index (χ2v) is 4.35. The van der Waals surface area contributed by atoms with Gasteiger partial charge in [-0.3, -0.25) is 0 Å². The summed E-state index contributed by atoms with van der Waals surface area (Å²) >= 11 is 0. The molecule has 0 atom stereocenters. The maximum atomic E-state index is 5.96. The van der Waals surface area contributed by atoms with Crippen LogP contribution in [-0.4, -0.2) is 46.8 Å². The van der Waals surface area contributed by atoms with Crippen molar-refractivity contribution in [2.24, 2.45) is 0 Å². The second kappa shape index (κ2) is 7.94. The van der Waals surface area contributed by atoms with Crippen LogP contribution in [-0.2, 0) is 20.8 Å². The quantitative estimate of drug-likeness (QED) is 0.571. The molecule has 6 nitrogen and oxygen atoms in total. The third-order valence-corrected chi connectivity index (χ3v) is 2.87. The van der Waals surface area contributed by atoms with E-state index >= 15 is 0 Å². The minimum Gasteiger partial charge on any atom is -0.486 e. The van der Waals surface area contributed by atoms with E-state index in [4.69, 9.17) is 29.4 Å². The third-order valence-electron chi connectivity index (χ3n) is 2.87. The Morgan fingerprint density at radius 2 is 1.65 bits per heavy atom. The highest BCUT2D eigenvalue weighted by Gasteiger charge is 2.14. The van der Waals surface area contributed by atoms with Gasteiger partial charge in [-0.1, -0.05) is 0 Å². The second-order valence-electron chi connectivity index (χ2n) is 4.35. The van der Waals surface area contributed by atoms with Crippen molar-refractivity contribution in [1.82, 2.24) is 0 Å². The van der Waals surface area contributed by atoms with Gasteiger partial charge in [-0.25, -0.2) is 0 Å². The molecule has 20 heavy (non-hydrogen) atoms. The minimum atomic E-state index is 0.427. The Morgan fingerprint density at radius 3 is 2.40 bits per heavy atom. The fourth-order valence-electron chi connectivity index (χ4n) is 1.82. The molecule has 1 aromatic carbocycles. The van der Waals surface area contributed by atoms with Gasteiger partial charge in [-0.2, -0.15) is 0 Å². The topological polar surface area (TPSA) is 72.2 Å². The molecule has 0 radical (unpaired) electrons. The number of benzene rings is 1. The Morgan fingerprint density at radius 1 is 1.00 bits per heavy atom. The number of fused-ring (bicyclic) bond motifs is 1. The van der Waals surface area contributed by atoms with Gasteiger partial charge in [0.05, 0.1) is 33.0 Å². The molecule has 0 aromatic heterocycles. The molecule has 1 aliphatic heterocycles. The van der Waals surface area contributed by atoms with Gasteiger partial charge in [0.1, 0.15) is 13.2 Å². The van der Waals surface area contributed by atoms with E-state index in [-0.39, 0.29) is 0 Å². The Balaban J connectivity index is 1.75. The van der Waals surface area contributed by atoms with Gasteiger partial charge < -0.3 is 29.4 Å². The number of hydrogen-bond donors (Lipinski definition) is 1. The summed E-state index contributed by atoms with van der Waals surface area (Å²) in [6.07, 6.45) is 0. The highest BCUT2D eigenvalue weighted by Crippen LogP contribution is 2.34. The molecule has 0 fully saturated rings. The predicted molar refractivity (Wildman–Crippen MR) is 74.2 cm³/mol. The standard InChI is InChI=1S/C14H21NO5/c1-16-2-3-17-4-5-18-10-11-8-13-14(9-12(11)15)20-7-6-19-13/h8-9H,2-7,10,15H2,1H3. The van der Waals surface area contributed by atoms with Crippen LogP contribution in [0.5, 0.6) is 11.5 Å². The van der Waals surface area contributed by atoms with Gasteiger partial charge in [0.25, 0.3) is 0 Å². The lowest BCUT2D eigenvalue weighted by atomic mass is 10.1. The summed E-state index contributed by atoms with van der Waals surface area (Å²) < 4.78 is 26.7. The number of anilines is 1. The van der Waals surface area contributed by atoms with Gasteiger partial charge in [0.15, 0.2) is 11.5 Å². The summed E-state index contributed by atoms with van der Waals surface area (Å²) in [7, 11) is 1.64. The van der Waals surface area contributed by atoms with Crippen LogP contribution in [0.15, 0.2) is 12.1 Å². The predicted octanol–water partition coefficient (Wildman–Crippen LogP) is 1.22. The van der Waals surface area contributed by atoms with E-state index in [0.29, 0.717) is 57.7 Å². The lowest BCUT2D eigenvalue weighted by Crippen LogP contribution is -2.16. The maximum absolute atomic E-state index is 5.96. The summed E-state index contributed by atoms with van der Waals surface area (Å²) in [4.78, 5) is 0. The third kappa shape index (κ3) is 4.26. The van der Waals surface area contributed by atoms with Crippen LogP contribution in [0.3, 0.4) is 0 Å². The molecule has 0 spiro atoms. The van der Waals surface area contributed by atoms with Crippen molar-refractivity contribution < 1.29 is 23.7 Å². The SMILES string of the molecule is COCCOCCOCc1cc2c(cc1N)OCCO2. The average Bonchev–Trinajstić information content (AvgIpc) is 2.46. The fraction of sp³-hybridized carbons (Fsp3) is 0.571. The van der Waals surface area contributed by atoms with E-state index in [2.05, 4.69) is 0 Å². The van der Waals surface area contributed by atoms with Crippen molar-refractivity contribution in [3.63, 3.8) is 0 Å². The van der Waals surface area contributed by atoms with Gasteiger partial charge >= 0.3 is 0 Å². The minimum absolute atomic E-state index is 0.427. The van der Waals surface area contributed by atoms with E-state index in [0.717, 1.165) is 11.3 Å². The van der Waals surface area contributed by atoms with Crippen LogP contribution < -0.4 is 15.2 Å². The number of rotatable bonds is 8. The van der Waals surface area contributed by atoms with Crippen LogP contribution >= 0.6 is 0 Å². The molecule has 0 saturated carbocycles. The summed E-state index contributed by atoms with van der Waals surface area (Å²) in [6.45, 7) is 3.76. The highest BCUT2D eigenvalue weighted by atomic mass is 16.6. The summed E-state index contributed by atoms with van der Waals surface area (Å²) in [5, 5.41) is 0. The molecule has 0 bridgehead atoms. The number of ether oxygens (including phenoxy) is 5. The maximum Gasteiger partial charge on any atom is 0.163 e. The zero-order chi connectivity index (χ0) is 14.2. The summed E-state index contributed by atoms with van der Waals surface area (Å²) in [5.41, 5.74) is 7.50. The zero-order valence-electron chi connectivity index (χ0n) is 11.7. The van der Waals surface area contributed by atoms with Crippen LogP contribution in [0, 0.1) is 0 Å². The molecule has 6 heteroatoms. The molecular weight excluding hydrogens is 262 g/mol. The molecule has 1 aromatic rings. The molecule has 0 amide bonds. The van der Waals surface area contributed by atoms with E-state index in [9.17, 15) is 0 Å². The van der Waals surface area contributed by atoms with Crippen LogP contribution in [0.2, 0.25) is 0 Å². The number of hydrogen-bond acceptors (Lipinski definition) is 6. The molecule has 0 saturated heterocycles. The highest BCUT2D eigenvalue weighted by molar-refractivity contribution is 5.58. The first-order chi connectivity index (χ1) is 9.81. The lowest BCUT2D eigenvalue weighted by molar-refractivity contribution is 0.0200. The summed E-state index contributed by atoms with van der Waals surface area (Å²) in [5.74, 6) is 1.42. The molecule has 2 N–H and O–H groups in total. The first-order valence-electron chi connectivity index (χ1n) is 6.63. The van der Waals surface area contributed by atoms with Crippen molar-refractivity contribution in [2.75, 3.05) is 52.5 Å². The van der Waals surface area contributed by atoms with E-state index in [1.165, 1.54) is 0 Å². The monoisotopic (exact) mass is 283 g/mol. The van der Waals surface area contributed by atoms with Gasteiger partial charge in [-0.05, 0) is 6.07 Å². The molecule has 0 aliphatic carbocycles. The molecule has 112 valence electrons. The molecule has 1 heterocycles. The van der Waals surface area contributed by atoms with Crippen molar-refractivity contribution in [1.29, 1.82) is 0 Å². The lowest BCUT2D eigenvalue weighted by Gasteiger charge is -2.20. The van der Waals surface area contributed by atoms with E-state index in [1.54, 1.807) is 13.2 Å². The average molecular weight is 283 g/mol. The van der Waals surface area contributed by atoms with Crippen molar-refractivity contribution in [2.45, 2.75) is 6.61 Å². The largest absolute Gasteiger partial charge is 0.486 e. The van der Waals surface area contributed by atoms with Crippen LogP contribution in [0.1, 0.15) is 5.56 Å². The molecular formula is C14H21NO5. The zero-order valence-corrected chi connectivity index (χ0v) is 11.7. The fourth-order valence-corrected chi connectivity index (χ4v) is 1.82. The number of nitrogens with two attached hydrogens (primary N) is 1.